The molecule has 4 heteroatoms. The van der Waals surface area contributed by atoms with Crippen molar-refractivity contribution in [3.05, 3.63) is 71.0 Å². The molecule has 98 valence electrons. The molecule has 0 bridgehead atoms. The molecular weight excluding hydrogens is 257 g/mol. The number of allylic oxidation sites excluding steroid dienone is 1. The molecule has 1 aliphatic carbocycles. The summed E-state index contributed by atoms with van der Waals surface area (Å²) < 4.78 is 13.4. The van der Waals surface area contributed by atoms with Crippen molar-refractivity contribution in [3.8, 4) is 0 Å². The number of hydrogen-bond acceptors (Lipinski definition) is 3. The second kappa shape index (κ2) is 4.74. The molecule has 2 aromatic carbocycles. The third-order valence-corrected chi connectivity index (χ3v) is 3.11. The van der Waals surface area contributed by atoms with Gasteiger partial charge in [-0.15, -0.1) is 0 Å². The maximum absolute atomic E-state index is 13.4. The Morgan fingerprint density at radius 3 is 2.35 bits per heavy atom. The number of rotatable bonds is 2. The van der Waals surface area contributed by atoms with Gasteiger partial charge in [-0.2, -0.15) is 0 Å². The zero-order chi connectivity index (χ0) is 14.1. The Kier molecular flexibility index (Phi) is 2.91. The summed E-state index contributed by atoms with van der Waals surface area (Å²) in [7, 11) is 0. The Morgan fingerprint density at radius 2 is 1.65 bits per heavy atom. The molecule has 0 unspecified atom stereocenters. The number of aliphatic hydroxyl groups is 1. The minimum absolute atomic E-state index is 0.0782. The molecule has 1 aliphatic rings. The van der Waals surface area contributed by atoms with Crippen LogP contribution in [0, 0.1) is 5.82 Å². The van der Waals surface area contributed by atoms with E-state index in [-0.39, 0.29) is 22.8 Å². The normalized spacial score (nSPS) is 14.2. The van der Waals surface area contributed by atoms with Crippen molar-refractivity contribution in [2.45, 2.75) is 0 Å². The van der Waals surface area contributed by atoms with Gasteiger partial charge in [0.05, 0.1) is 11.3 Å². The summed E-state index contributed by atoms with van der Waals surface area (Å²) in [6, 6.07) is 12.7. The molecule has 0 spiro atoms. The highest BCUT2D eigenvalue weighted by molar-refractivity contribution is 6.30. The molecule has 0 heterocycles. The molecule has 3 rings (SSSR count). The van der Waals surface area contributed by atoms with E-state index in [1.807, 2.05) is 0 Å². The Morgan fingerprint density at radius 1 is 1.00 bits per heavy atom. The van der Waals surface area contributed by atoms with Crippen molar-refractivity contribution >= 4 is 23.4 Å². The topological polar surface area (TPSA) is 49.7 Å². The summed E-state index contributed by atoms with van der Waals surface area (Å²) in [5.41, 5.74) is 1.11. The van der Waals surface area contributed by atoms with Crippen LogP contribution in [-0.4, -0.2) is 17.1 Å². The van der Waals surface area contributed by atoms with Gasteiger partial charge in [0.25, 0.3) is 0 Å². The molecule has 0 radical (unpaired) electrons. The zero-order valence-electron chi connectivity index (χ0n) is 10.4. The van der Waals surface area contributed by atoms with Gasteiger partial charge in [0.2, 0.25) is 0 Å². The van der Waals surface area contributed by atoms with E-state index in [0.717, 1.165) is 0 Å². The maximum Gasteiger partial charge on any atom is 0.199 e. The number of para-hydroxylation sites is 1. The lowest BCUT2D eigenvalue weighted by molar-refractivity contribution is 0.104. The molecule has 2 aromatic rings. The SMILES string of the molecule is O=C1C(C=Nc2ccccc2F)=C(O)c2ccccc21. The van der Waals surface area contributed by atoms with Crippen LogP contribution in [0.2, 0.25) is 0 Å². The Bertz CT molecular complexity index is 763. The number of ketones is 1. The Hall–Kier alpha value is -2.75. The van der Waals surface area contributed by atoms with Gasteiger partial charge in [-0.05, 0) is 12.1 Å². The number of aliphatic hydroxyl groups excluding tert-OH is 1. The van der Waals surface area contributed by atoms with Crippen LogP contribution in [0.1, 0.15) is 15.9 Å². The van der Waals surface area contributed by atoms with Crippen molar-refractivity contribution < 1.29 is 14.3 Å². The molecule has 20 heavy (non-hydrogen) atoms. The number of halogens is 1. The second-order valence-electron chi connectivity index (χ2n) is 4.35. The highest BCUT2D eigenvalue weighted by atomic mass is 19.1. The van der Waals surface area contributed by atoms with E-state index in [1.54, 1.807) is 36.4 Å². The summed E-state index contributed by atoms with van der Waals surface area (Å²) in [5.74, 6) is -0.907. The van der Waals surface area contributed by atoms with E-state index >= 15 is 0 Å². The van der Waals surface area contributed by atoms with Crippen LogP contribution in [0.4, 0.5) is 10.1 Å². The summed E-state index contributed by atoms with van der Waals surface area (Å²) in [4.78, 5) is 16.0. The monoisotopic (exact) mass is 267 g/mol. The van der Waals surface area contributed by atoms with Crippen molar-refractivity contribution in [3.63, 3.8) is 0 Å². The molecule has 0 saturated carbocycles. The van der Waals surface area contributed by atoms with Crippen LogP contribution in [-0.2, 0) is 0 Å². The number of hydrogen-bond donors (Lipinski definition) is 1. The van der Waals surface area contributed by atoms with E-state index in [2.05, 4.69) is 4.99 Å². The van der Waals surface area contributed by atoms with E-state index in [0.29, 0.717) is 11.1 Å². The van der Waals surface area contributed by atoms with Gasteiger partial charge in [-0.3, -0.25) is 9.79 Å². The van der Waals surface area contributed by atoms with Crippen molar-refractivity contribution in [1.82, 2.24) is 0 Å². The fraction of sp³-hybridized carbons (Fsp3) is 0. The average Bonchev–Trinajstić information content (AvgIpc) is 2.71. The van der Waals surface area contributed by atoms with E-state index in [4.69, 9.17) is 0 Å². The average molecular weight is 267 g/mol. The van der Waals surface area contributed by atoms with E-state index < -0.39 is 5.82 Å². The lowest BCUT2D eigenvalue weighted by Crippen LogP contribution is -1.99. The first-order valence-electron chi connectivity index (χ1n) is 6.04. The summed E-state index contributed by atoms with van der Waals surface area (Å²) in [6.45, 7) is 0. The molecule has 0 saturated heterocycles. The highest BCUT2D eigenvalue weighted by Gasteiger charge is 2.27. The lowest BCUT2D eigenvalue weighted by Gasteiger charge is -1.96. The second-order valence-corrected chi connectivity index (χ2v) is 4.35. The van der Waals surface area contributed by atoms with Crippen LogP contribution in [0.5, 0.6) is 0 Å². The summed E-state index contributed by atoms with van der Waals surface area (Å²) >= 11 is 0. The molecule has 0 amide bonds. The minimum atomic E-state index is -0.480. The fourth-order valence-electron chi connectivity index (χ4n) is 2.10. The van der Waals surface area contributed by atoms with Crippen LogP contribution < -0.4 is 0 Å². The van der Waals surface area contributed by atoms with E-state index in [1.165, 1.54) is 18.3 Å². The van der Waals surface area contributed by atoms with Gasteiger partial charge in [0, 0.05) is 17.3 Å². The first-order chi connectivity index (χ1) is 9.68. The molecule has 0 atom stereocenters. The van der Waals surface area contributed by atoms with Crippen LogP contribution in [0.3, 0.4) is 0 Å². The zero-order valence-corrected chi connectivity index (χ0v) is 10.4. The Labute approximate surface area is 114 Å². The smallest absolute Gasteiger partial charge is 0.199 e. The number of aliphatic imine (C=N–C) groups is 1. The number of Topliss-reactive ketones (excluding diaryl/α,β-unsaturated/α-hetero) is 1. The minimum Gasteiger partial charge on any atom is -0.506 e. The number of carbonyl (C=O) groups excluding carboxylic acids is 1. The van der Waals surface area contributed by atoms with Crippen molar-refractivity contribution in [2.75, 3.05) is 0 Å². The number of fused-ring (bicyclic) bond motifs is 1. The van der Waals surface area contributed by atoms with Crippen LogP contribution >= 0.6 is 0 Å². The van der Waals surface area contributed by atoms with Crippen LogP contribution in [0.25, 0.3) is 5.76 Å². The van der Waals surface area contributed by atoms with Gasteiger partial charge in [0.1, 0.15) is 11.6 Å². The predicted octanol–water partition coefficient (Wildman–Crippen LogP) is 3.69. The number of nitrogens with zero attached hydrogens (tertiary/aromatic N) is 1. The standard InChI is InChI=1S/C16H10FNO2/c17-13-7-3-4-8-14(13)18-9-12-15(19)10-5-1-2-6-11(10)16(12)20/h1-9,19H. The van der Waals surface area contributed by atoms with Gasteiger partial charge < -0.3 is 5.11 Å². The number of carbonyl (C=O) groups is 1. The largest absolute Gasteiger partial charge is 0.506 e. The quantitative estimate of drug-likeness (QED) is 0.843. The first-order valence-corrected chi connectivity index (χ1v) is 6.04. The van der Waals surface area contributed by atoms with Crippen molar-refractivity contribution in [1.29, 1.82) is 0 Å². The van der Waals surface area contributed by atoms with Crippen molar-refractivity contribution in [2.24, 2.45) is 4.99 Å². The molecule has 3 nitrogen and oxygen atoms in total. The first kappa shape index (κ1) is 12.3. The van der Waals surface area contributed by atoms with Gasteiger partial charge in [-0.25, -0.2) is 4.39 Å². The molecule has 1 N–H and O–H groups in total. The molecular formula is C16H10FNO2. The Balaban J connectivity index is 1.99. The predicted molar refractivity (Wildman–Crippen MR) is 74.9 cm³/mol. The molecule has 0 aromatic heterocycles. The summed E-state index contributed by atoms with van der Waals surface area (Å²) in [6.07, 6.45) is 1.20. The van der Waals surface area contributed by atoms with Crippen LogP contribution in [0.15, 0.2) is 59.1 Å². The lowest BCUT2D eigenvalue weighted by atomic mass is 10.1. The third-order valence-electron chi connectivity index (χ3n) is 3.11. The van der Waals surface area contributed by atoms with E-state index in [9.17, 15) is 14.3 Å². The summed E-state index contributed by atoms with van der Waals surface area (Å²) in [5, 5.41) is 10.0. The van der Waals surface area contributed by atoms with Gasteiger partial charge in [0.15, 0.2) is 5.78 Å². The number of benzene rings is 2. The van der Waals surface area contributed by atoms with Gasteiger partial charge >= 0.3 is 0 Å². The fourth-order valence-corrected chi connectivity index (χ4v) is 2.10. The highest BCUT2D eigenvalue weighted by Crippen LogP contribution is 2.30. The van der Waals surface area contributed by atoms with Gasteiger partial charge in [-0.1, -0.05) is 36.4 Å². The maximum atomic E-state index is 13.4. The molecule has 0 aliphatic heterocycles. The third kappa shape index (κ3) is 1.91. The molecule has 0 fully saturated rings.